The van der Waals surface area contributed by atoms with Gasteiger partial charge in [0, 0.05) is 25.4 Å². The van der Waals surface area contributed by atoms with Gasteiger partial charge < -0.3 is 14.2 Å². The number of fused-ring (bicyclic) bond motifs is 2. The molecule has 0 spiro atoms. The molecule has 0 aliphatic carbocycles. The molecule has 11 nitrogen and oxygen atoms in total. The monoisotopic (exact) mass is 530 g/mol. The van der Waals surface area contributed by atoms with Crippen molar-refractivity contribution in [2.75, 3.05) is 31.7 Å². The highest BCUT2D eigenvalue weighted by Crippen LogP contribution is 2.34. The second kappa shape index (κ2) is 10.7. The van der Waals surface area contributed by atoms with Crippen LogP contribution in [0.3, 0.4) is 0 Å². The summed E-state index contributed by atoms with van der Waals surface area (Å²) in [6.07, 6.45) is 1.39. The number of carbonyl (C=O) groups is 1. The van der Waals surface area contributed by atoms with Gasteiger partial charge in [-0.25, -0.2) is 14.2 Å². The molecule has 1 aliphatic heterocycles. The minimum atomic E-state index is -4.10. The number of hydrogen-bond donors (Lipinski definition) is 1. The van der Waals surface area contributed by atoms with Crippen molar-refractivity contribution < 1.29 is 27.4 Å². The molecule has 0 unspecified atom stereocenters. The van der Waals surface area contributed by atoms with Gasteiger partial charge in [-0.15, -0.1) is 0 Å². The zero-order chi connectivity index (χ0) is 26.7. The second-order valence-electron chi connectivity index (χ2n) is 8.69. The molecule has 1 aromatic heterocycles. The Morgan fingerprint density at radius 2 is 1.81 bits per heavy atom. The zero-order valence-electron chi connectivity index (χ0n) is 21.2. The summed E-state index contributed by atoms with van der Waals surface area (Å²) >= 11 is 0. The first kappa shape index (κ1) is 26.3. The number of methoxy groups -OCH3 is 2. The number of hydrogen-bond acceptors (Lipinski definition) is 8. The van der Waals surface area contributed by atoms with Crippen molar-refractivity contribution in [1.82, 2.24) is 14.5 Å². The van der Waals surface area contributed by atoms with Crippen LogP contribution in [0.15, 0.2) is 35.1 Å². The number of benzene rings is 2. The van der Waals surface area contributed by atoms with Crippen molar-refractivity contribution in [3.63, 3.8) is 0 Å². The van der Waals surface area contributed by atoms with Crippen LogP contribution in [0.4, 0.5) is 10.5 Å². The molecule has 1 N–H and O–H groups in total. The van der Waals surface area contributed by atoms with Gasteiger partial charge in [-0.2, -0.15) is 13.5 Å². The molecule has 1 amide bonds. The van der Waals surface area contributed by atoms with Crippen LogP contribution < -0.4 is 24.1 Å². The van der Waals surface area contributed by atoms with Crippen LogP contribution >= 0.6 is 0 Å². The van der Waals surface area contributed by atoms with Crippen LogP contribution in [0.5, 0.6) is 11.5 Å². The largest absolute Gasteiger partial charge is 0.493 e. The molecule has 12 heteroatoms. The molecular formula is C25H30N4O7S. The lowest BCUT2D eigenvalue weighted by Crippen LogP contribution is -2.43. The van der Waals surface area contributed by atoms with Gasteiger partial charge >= 0.3 is 16.3 Å². The van der Waals surface area contributed by atoms with E-state index >= 15 is 0 Å². The molecule has 198 valence electrons. The van der Waals surface area contributed by atoms with Gasteiger partial charge in [-0.1, -0.05) is 25.5 Å². The highest BCUT2D eigenvalue weighted by atomic mass is 32.2. The van der Waals surface area contributed by atoms with Crippen molar-refractivity contribution in [1.29, 1.82) is 0 Å². The Morgan fingerprint density at radius 3 is 2.49 bits per heavy atom. The summed E-state index contributed by atoms with van der Waals surface area (Å²) in [5.41, 5.74) is 2.64. The molecule has 0 atom stereocenters. The summed E-state index contributed by atoms with van der Waals surface area (Å²) in [6.45, 7) is 2.30. The molecule has 0 saturated carbocycles. The summed E-state index contributed by atoms with van der Waals surface area (Å²) in [6, 6.07) is 8.83. The first-order valence-electron chi connectivity index (χ1n) is 11.9. The van der Waals surface area contributed by atoms with Crippen molar-refractivity contribution >= 4 is 32.8 Å². The van der Waals surface area contributed by atoms with Gasteiger partial charge in [0.1, 0.15) is 0 Å². The number of rotatable bonds is 9. The molecule has 0 radical (unpaired) electrons. The van der Waals surface area contributed by atoms with Crippen LogP contribution in [-0.2, 0) is 34.8 Å². The number of aryl methyl sites for hydroxylation is 1. The third-order valence-electron chi connectivity index (χ3n) is 6.23. The van der Waals surface area contributed by atoms with Crippen molar-refractivity contribution in [2.24, 2.45) is 7.05 Å². The predicted molar refractivity (Wildman–Crippen MR) is 139 cm³/mol. The van der Waals surface area contributed by atoms with Crippen LogP contribution in [0, 0.1) is 0 Å². The van der Waals surface area contributed by atoms with E-state index < -0.39 is 16.3 Å². The number of amides is 1. The van der Waals surface area contributed by atoms with Gasteiger partial charge in [0.15, 0.2) is 11.5 Å². The second-order valence-corrected chi connectivity index (χ2v) is 10.3. The zero-order valence-corrected chi connectivity index (χ0v) is 22.1. The third kappa shape index (κ3) is 5.33. The molecule has 2 aromatic carbocycles. The maximum absolute atomic E-state index is 12.8. The fourth-order valence-electron chi connectivity index (χ4n) is 4.36. The highest BCUT2D eigenvalue weighted by Gasteiger charge is 2.31. The number of ether oxygens (including phenoxy) is 3. The predicted octanol–water partition coefficient (Wildman–Crippen LogP) is 2.68. The van der Waals surface area contributed by atoms with Crippen molar-refractivity contribution in [3.05, 3.63) is 57.5 Å². The first-order valence-corrected chi connectivity index (χ1v) is 13.3. The topological polar surface area (TPSA) is 129 Å². The van der Waals surface area contributed by atoms with E-state index in [9.17, 15) is 18.0 Å². The summed E-state index contributed by atoms with van der Waals surface area (Å²) in [5.74, 6) is 0.938. The number of nitrogens with zero attached hydrogens (tertiary/aromatic N) is 3. The van der Waals surface area contributed by atoms with Gasteiger partial charge in [0.25, 0.3) is 5.56 Å². The van der Waals surface area contributed by atoms with Crippen molar-refractivity contribution in [2.45, 2.75) is 32.6 Å². The number of anilines is 1. The summed E-state index contributed by atoms with van der Waals surface area (Å²) in [7, 11) is 0.523. The SMILES string of the molecule is CCCCOC(=O)NS(=O)(=O)N1CCc2cc(Cc3nn(C)c(=O)c4cc(OC)c(OC)cc34)ccc21. The molecule has 1 aliphatic rings. The van der Waals surface area contributed by atoms with Crippen LogP contribution in [0.25, 0.3) is 10.8 Å². The molecule has 4 rings (SSSR count). The Kier molecular flexibility index (Phi) is 7.58. The Bertz CT molecular complexity index is 1500. The van der Waals surface area contributed by atoms with E-state index in [1.165, 1.54) is 23.2 Å². The number of unbranched alkanes of at least 4 members (excludes halogenated alkanes) is 1. The Balaban J connectivity index is 1.61. The lowest BCUT2D eigenvalue weighted by atomic mass is 10.0. The van der Waals surface area contributed by atoms with E-state index in [1.54, 1.807) is 25.2 Å². The van der Waals surface area contributed by atoms with Crippen LogP contribution in [0.1, 0.15) is 36.6 Å². The van der Waals surface area contributed by atoms with Crippen molar-refractivity contribution in [3.8, 4) is 11.5 Å². The molecular weight excluding hydrogens is 500 g/mol. The molecule has 3 aromatic rings. The number of aromatic nitrogens is 2. The normalized spacial score (nSPS) is 12.9. The quantitative estimate of drug-likeness (QED) is 0.418. The maximum atomic E-state index is 12.8. The standard InChI is InChI=1S/C25H30N4O7S/c1-5-6-11-36-25(31)27-37(32,33)29-10-9-17-12-16(7-8-21(17)29)13-20-18-14-22(34-3)23(35-4)15-19(18)24(30)28(2)26-20/h7-8,12,14-15H,5-6,9-11,13H2,1-4H3,(H,27,31). The minimum absolute atomic E-state index is 0.157. The molecule has 2 heterocycles. The van der Waals surface area contributed by atoms with Gasteiger partial charge in [-0.3, -0.25) is 9.10 Å². The Morgan fingerprint density at radius 1 is 1.11 bits per heavy atom. The third-order valence-corrected chi connectivity index (χ3v) is 7.62. The molecule has 37 heavy (non-hydrogen) atoms. The molecule has 0 saturated heterocycles. The smallest absolute Gasteiger partial charge is 0.422 e. The van der Waals surface area contributed by atoms with E-state index in [0.29, 0.717) is 52.9 Å². The molecule has 0 bridgehead atoms. The fourth-order valence-corrected chi connectivity index (χ4v) is 5.51. The number of nitrogens with one attached hydrogen (secondary N) is 1. The minimum Gasteiger partial charge on any atom is -0.493 e. The van der Waals surface area contributed by atoms with Crippen LogP contribution in [0.2, 0.25) is 0 Å². The maximum Gasteiger partial charge on any atom is 0.422 e. The van der Waals surface area contributed by atoms with E-state index in [-0.39, 0.29) is 18.7 Å². The van der Waals surface area contributed by atoms with E-state index in [1.807, 2.05) is 23.8 Å². The summed E-state index contributed by atoms with van der Waals surface area (Å²) in [4.78, 5) is 24.7. The van der Waals surface area contributed by atoms with Gasteiger partial charge in [0.2, 0.25) is 0 Å². The fraction of sp³-hybridized carbons (Fsp3) is 0.400. The highest BCUT2D eigenvalue weighted by molar-refractivity contribution is 7.91. The van der Waals surface area contributed by atoms with E-state index in [2.05, 4.69) is 5.10 Å². The average molecular weight is 531 g/mol. The van der Waals surface area contributed by atoms with E-state index in [0.717, 1.165) is 17.5 Å². The van der Waals surface area contributed by atoms with Crippen LogP contribution in [-0.4, -0.2) is 51.7 Å². The van der Waals surface area contributed by atoms with E-state index in [4.69, 9.17) is 14.2 Å². The van der Waals surface area contributed by atoms with Gasteiger partial charge in [0.05, 0.1) is 37.6 Å². The molecule has 0 fully saturated rings. The Hall–Kier alpha value is -3.80. The summed E-state index contributed by atoms with van der Waals surface area (Å²) in [5, 5.41) is 5.59. The number of carbonyl (C=O) groups excluding carboxylic acids is 1. The van der Waals surface area contributed by atoms with Gasteiger partial charge in [-0.05, 0) is 42.2 Å². The lowest BCUT2D eigenvalue weighted by molar-refractivity contribution is 0.151. The average Bonchev–Trinajstić information content (AvgIpc) is 3.30. The lowest BCUT2D eigenvalue weighted by Gasteiger charge is -2.19. The summed E-state index contributed by atoms with van der Waals surface area (Å²) < 4.78 is 45.7. The first-order chi connectivity index (χ1) is 17.7. The Labute approximate surface area is 215 Å².